The Balaban J connectivity index is 2.40. The van der Waals surface area contributed by atoms with E-state index >= 15 is 0 Å². The molecule has 1 rings (SSSR count). The van der Waals surface area contributed by atoms with Crippen LogP contribution in [0.3, 0.4) is 0 Å². The van der Waals surface area contributed by atoms with Crippen LogP contribution in [-0.2, 0) is 6.54 Å². The minimum atomic E-state index is -0.563. The molecule has 0 aromatic carbocycles. The maximum atomic E-state index is 10.9. The van der Waals surface area contributed by atoms with Crippen molar-refractivity contribution >= 4 is 11.9 Å². The second-order valence-electron chi connectivity index (χ2n) is 3.84. The summed E-state index contributed by atoms with van der Waals surface area (Å²) in [4.78, 5) is 14.9. The molecule has 0 spiro atoms. The average Bonchev–Trinajstić information content (AvgIpc) is 2.82. The fraction of sp³-hybridized carbons (Fsp3) is 0.500. The summed E-state index contributed by atoms with van der Waals surface area (Å²) in [5.74, 6) is 0.954. The van der Waals surface area contributed by atoms with Gasteiger partial charge in [-0.25, -0.2) is 0 Å². The van der Waals surface area contributed by atoms with Crippen molar-refractivity contribution in [3.8, 4) is 0 Å². The smallest absolute Gasteiger partial charge is 0.284 e. The summed E-state index contributed by atoms with van der Waals surface area (Å²) in [7, 11) is 1.71. The van der Waals surface area contributed by atoms with Gasteiger partial charge in [0, 0.05) is 13.6 Å². The van der Waals surface area contributed by atoms with Gasteiger partial charge in [0.1, 0.15) is 5.76 Å². The van der Waals surface area contributed by atoms with Crippen molar-refractivity contribution in [2.75, 3.05) is 13.6 Å². The lowest BCUT2D eigenvalue weighted by Gasteiger charge is -2.10. The molecule has 0 aliphatic carbocycles. The molecular formula is C12H20N4O2. The number of carbonyl (C=O) groups excluding carboxylic acids is 1. The molecule has 0 saturated heterocycles. The fourth-order valence-corrected chi connectivity index (χ4v) is 1.38. The van der Waals surface area contributed by atoms with Crippen molar-refractivity contribution < 1.29 is 9.21 Å². The topological polar surface area (TPSA) is 92.6 Å². The lowest BCUT2D eigenvalue weighted by Crippen LogP contribution is -2.37. The van der Waals surface area contributed by atoms with E-state index in [9.17, 15) is 4.79 Å². The van der Waals surface area contributed by atoms with Crippen LogP contribution in [0.25, 0.3) is 0 Å². The summed E-state index contributed by atoms with van der Waals surface area (Å²) in [6, 6.07) is 3.28. The molecule has 1 amide bonds. The Morgan fingerprint density at radius 1 is 1.44 bits per heavy atom. The van der Waals surface area contributed by atoms with Gasteiger partial charge in [-0.05, 0) is 18.6 Å². The Morgan fingerprint density at radius 2 is 2.22 bits per heavy atom. The Hall–Kier alpha value is -1.98. The summed E-state index contributed by atoms with van der Waals surface area (Å²) in [5, 5.41) is 6.27. The number of nitrogens with one attached hydrogen (secondary N) is 2. The molecule has 0 bridgehead atoms. The van der Waals surface area contributed by atoms with Gasteiger partial charge in [0.25, 0.3) is 5.91 Å². The minimum absolute atomic E-state index is 0.167. The number of hydrogen-bond donors (Lipinski definition) is 3. The lowest BCUT2D eigenvalue weighted by molar-refractivity contribution is 0.0972. The van der Waals surface area contributed by atoms with Gasteiger partial charge in [-0.15, -0.1) is 0 Å². The lowest BCUT2D eigenvalue weighted by atomic mass is 10.3. The molecule has 1 aromatic heterocycles. The van der Waals surface area contributed by atoms with E-state index < -0.39 is 5.91 Å². The molecule has 6 heteroatoms. The summed E-state index contributed by atoms with van der Waals surface area (Å²) < 4.78 is 5.25. The second kappa shape index (κ2) is 7.37. The van der Waals surface area contributed by atoms with Crippen LogP contribution in [0.4, 0.5) is 0 Å². The van der Waals surface area contributed by atoms with Crippen LogP contribution >= 0.6 is 0 Å². The van der Waals surface area contributed by atoms with Crippen LogP contribution in [0, 0.1) is 0 Å². The number of furan rings is 1. The third-order valence-electron chi connectivity index (χ3n) is 2.38. The zero-order valence-corrected chi connectivity index (χ0v) is 10.8. The Kier molecular flexibility index (Phi) is 5.76. The van der Waals surface area contributed by atoms with Gasteiger partial charge in [0.2, 0.25) is 0 Å². The maximum absolute atomic E-state index is 10.9. The Morgan fingerprint density at radius 3 is 2.78 bits per heavy atom. The number of primary amides is 1. The van der Waals surface area contributed by atoms with Crippen molar-refractivity contribution in [3.63, 3.8) is 0 Å². The largest absolute Gasteiger partial charge is 0.454 e. The molecule has 4 N–H and O–H groups in total. The predicted molar refractivity (Wildman–Crippen MR) is 70.3 cm³/mol. The molecule has 0 aliphatic heterocycles. The van der Waals surface area contributed by atoms with Gasteiger partial charge in [-0.3, -0.25) is 9.79 Å². The summed E-state index contributed by atoms with van der Waals surface area (Å²) in [5.41, 5.74) is 5.10. The molecular weight excluding hydrogens is 232 g/mol. The zero-order chi connectivity index (χ0) is 13.4. The molecule has 0 aliphatic rings. The number of nitrogens with two attached hydrogens (primary N) is 1. The van der Waals surface area contributed by atoms with Crippen LogP contribution in [0.5, 0.6) is 0 Å². The minimum Gasteiger partial charge on any atom is -0.454 e. The number of aliphatic imine (C=N–C) groups is 1. The molecule has 0 unspecified atom stereocenters. The fourth-order valence-electron chi connectivity index (χ4n) is 1.38. The van der Waals surface area contributed by atoms with Crippen LogP contribution in [0.1, 0.15) is 36.1 Å². The standard InChI is InChI=1S/C12H20N4O2/c1-3-4-7-15-12(14-2)16-8-9-5-6-10(18-9)11(13)17/h5-6H,3-4,7-8H2,1-2H3,(H2,13,17)(H2,14,15,16). The molecule has 18 heavy (non-hydrogen) atoms. The first-order chi connectivity index (χ1) is 8.67. The van der Waals surface area contributed by atoms with Gasteiger partial charge in [-0.1, -0.05) is 13.3 Å². The highest BCUT2D eigenvalue weighted by molar-refractivity contribution is 5.89. The summed E-state index contributed by atoms with van der Waals surface area (Å²) in [6.45, 7) is 3.46. The van der Waals surface area contributed by atoms with E-state index in [2.05, 4.69) is 22.5 Å². The quantitative estimate of drug-likeness (QED) is 0.397. The maximum Gasteiger partial charge on any atom is 0.284 e. The highest BCUT2D eigenvalue weighted by atomic mass is 16.3. The monoisotopic (exact) mass is 252 g/mol. The van der Waals surface area contributed by atoms with E-state index in [-0.39, 0.29) is 5.76 Å². The van der Waals surface area contributed by atoms with Crippen LogP contribution in [0.15, 0.2) is 21.5 Å². The Bertz CT molecular complexity index is 412. The van der Waals surface area contributed by atoms with Crippen molar-refractivity contribution in [1.29, 1.82) is 0 Å². The van der Waals surface area contributed by atoms with Gasteiger partial charge in [-0.2, -0.15) is 0 Å². The highest BCUT2D eigenvalue weighted by Crippen LogP contribution is 2.06. The first-order valence-corrected chi connectivity index (χ1v) is 6.00. The number of rotatable bonds is 6. The zero-order valence-electron chi connectivity index (χ0n) is 10.8. The van der Waals surface area contributed by atoms with E-state index in [0.29, 0.717) is 18.3 Å². The van der Waals surface area contributed by atoms with E-state index in [1.807, 2.05) is 0 Å². The SMILES string of the molecule is CCCCNC(=NC)NCc1ccc(C(N)=O)o1. The van der Waals surface area contributed by atoms with Crippen LogP contribution in [0.2, 0.25) is 0 Å². The number of guanidine groups is 1. The third kappa shape index (κ3) is 4.48. The second-order valence-corrected chi connectivity index (χ2v) is 3.84. The highest BCUT2D eigenvalue weighted by Gasteiger charge is 2.07. The van der Waals surface area contributed by atoms with Crippen molar-refractivity contribution in [2.24, 2.45) is 10.7 Å². The predicted octanol–water partition coefficient (Wildman–Crippen LogP) is 0.844. The summed E-state index contributed by atoms with van der Waals surface area (Å²) >= 11 is 0. The van der Waals surface area contributed by atoms with Crippen LogP contribution in [-0.4, -0.2) is 25.5 Å². The van der Waals surface area contributed by atoms with Crippen molar-refractivity contribution in [2.45, 2.75) is 26.3 Å². The van der Waals surface area contributed by atoms with Crippen molar-refractivity contribution in [1.82, 2.24) is 10.6 Å². The molecule has 100 valence electrons. The number of nitrogens with zero attached hydrogens (tertiary/aromatic N) is 1. The van der Waals surface area contributed by atoms with E-state index in [1.54, 1.807) is 19.2 Å². The van der Waals surface area contributed by atoms with Gasteiger partial charge in [0.05, 0.1) is 6.54 Å². The van der Waals surface area contributed by atoms with E-state index in [4.69, 9.17) is 10.2 Å². The van der Waals surface area contributed by atoms with E-state index in [1.165, 1.54) is 0 Å². The number of unbranched alkanes of at least 4 members (excludes halogenated alkanes) is 1. The number of hydrogen-bond acceptors (Lipinski definition) is 3. The molecule has 6 nitrogen and oxygen atoms in total. The van der Waals surface area contributed by atoms with Gasteiger partial charge in [0.15, 0.2) is 11.7 Å². The Labute approximate surface area is 107 Å². The first kappa shape index (κ1) is 14.1. The molecule has 0 saturated carbocycles. The molecule has 1 aromatic rings. The third-order valence-corrected chi connectivity index (χ3v) is 2.38. The van der Waals surface area contributed by atoms with Crippen molar-refractivity contribution in [3.05, 3.63) is 23.7 Å². The molecule has 0 fully saturated rings. The normalized spacial score (nSPS) is 11.3. The van der Waals surface area contributed by atoms with Gasteiger partial charge >= 0.3 is 0 Å². The van der Waals surface area contributed by atoms with E-state index in [0.717, 1.165) is 19.4 Å². The first-order valence-electron chi connectivity index (χ1n) is 6.00. The average molecular weight is 252 g/mol. The van der Waals surface area contributed by atoms with Crippen LogP contribution < -0.4 is 16.4 Å². The number of amides is 1. The molecule has 0 atom stereocenters. The number of carbonyl (C=O) groups is 1. The summed E-state index contributed by atoms with van der Waals surface area (Å²) in [6.07, 6.45) is 2.22. The molecule has 1 heterocycles. The van der Waals surface area contributed by atoms with Gasteiger partial charge < -0.3 is 20.8 Å². The molecule has 0 radical (unpaired) electrons.